The Labute approximate surface area is 124 Å². The van der Waals surface area contributed by atoms with Crippen molar-refractivity contribution in [3.8, 4) is 0 Å². The molecule has 3 unspecified atom stereocenters. The fraction of sp³-hybridized carbons (Fsp3) is 0.500. The van der Waals surface area contributed by atoms with Crippen LogP contribution in [0, 0.1) is 5.92 Å². The van der Waals surface area contributed by atoms with Gasteiger partial charge in [0.1, 0.15) is 6.10 Å². The quantitative estimate of drug-likeness (QED) is 0.884. The molecular formula is C16H21N3O2. The third-order valence-corrected chi connectivity index (χ3v) is 4.13. The minimum absolute atomic E-state index is 0.0367. The zero-order valence-electron chi connectivity index (χ0n) is 12.4. The molecule has 1 aliphatic rings. The number of methoxy groups -OCH3 is 1. The molecule has 1 aliphatic carbocycles. The molecule has 1 aromatic carbocycles. The molecule has 1 saturated carbocycles. The zero-order chi connectivity index (χ0) is 14.8. The number of nitrogens with zero attached hydrogens (tertiary/aromatic N) is 2. The molecule has 3 rings (SSSR count). The van der Waals surface area contributed by atoms with E-state index in [4.69, 9.17) is 15.0 Å². The van der Waals surface area contributed by atoms with Crippen molar-refractivity contribution in [1.82, 2.24) is 10.1 Å². The molecule has 1 fully saturated rings. The van der Waals surface area contributed by atoms with Gasteiger partial charge in [-0.3, -0.25) is 0 Å². The van der Waals surface area contributed by atoms with Gasteiger partial charge in [-0.15, -0.1) is 0 Å². The SMILES string of the molecule is COC(c1noc(C(C)C(N)c2ccccc2)n1)C1CC1. The first kappa shape index (κ1) is 14.2. The van der Waals surface area contributed by atoms with Gasteiger partial charge < -0.3 is 15.0 Å². The number of aromatic nitrogens is 2. The van der Waals surface area contributed by atoms with E-state index in [2.05, 4.69) is 10.1 Å². The molecule has 21 heavy (non-hydrogen) atoms. The Morgan fingerprint density at radius 1 is 1.29 bits per heavy atom. The maximum atomic E-state index is 6.30. The van der Waals surface area contributed by atoms with Crippen molar-refractivity contribution in [3.63, 3.8) is 0 Å². The van der Waals surface area contributed by atoms with Crippen LogP contribution in [0.15, 0.2) is 34.9 Å². The van der Waals surface area contributed by atoms with Gasteiger partial charge in [0.15, 0.2) is 0 Å². The highest BCUT2D eigenvalue weighted by Gasteiger charge is 2.36. The van der Waals surface area contributed by atoms with Gasteiger partial charge in [-0.25, -0.2) is 0 Å². The first-order chi connectivity index (χ1) is 10.2. The summed E-state index contributed by atoms with van der Waals surface area (Å²) < 4.78 is 10.9. The van der Waals surface area contributed by atoms with Crippen LogP contribution in [0.2, 0.25) is 0 Å². The summed E-state index contributed by atoms with van der Waals surface area (Å²) >= 11 is 0. The largest absolute Gasteiger partial charge is 0.373 e. The third kappa shape index (κ3) is 2.99. The highest BCUT2D eigenvalue weighted by atomic mass is 16.5. The molecule has 5 nitrogen and oxygen atoms in total. The molecule has 3 atom stereocenters. The van der Waals surface area contributed by atoms with Crippen LogP contribution in [0.1, 0.15) is 55.1 Å². The highest BCUT2D eigenvalue weighted by Crippen LogP contribution is 2.42. The van der Waals surface area contributed by atoms with E-state index in [0.717, 1.165) is 5.56 Å². The summed E-state index contributed by atoms with van der Waals surface area (Å²) in [6, 6.07) is 9.80. The van der Waals surface area contributed by atoms with Crippen LogP contribution in [-0.4, -0.2) is 17.3 Å². The summed E-state index contributed by atoms with van der Waals surface area (Å²) in [5.74, 6) is 1.70. The number of ether oxygens (including phenoxy) is 1. The minimum Gasteiger partial charge on any atom is -0.373 e. The predicted molar refractivity (Wildman–Crippen MR) is 78.6 cm³/mol. The van der Waals surface area contributed by atoms with Gasteiger partial charge in [0, 0.05) is 13.2 Å². The van der Waals surface area contributed by atoms with Crippen LogP contribution in [-0.2, 0) is 4.74 Å². The van der Waals surface area contributed by atoms with E-state index in [0.29, 0.717) is 17.6 Å². The Hall–Kier alpha value is -1.72. The minimum atomic E-state index is -0.165. The third-order valence-electron chi connectivity index (χ3n) is 4.13. The van der Waals surface area contributed by atoms with Crippen molar-refractivity contribution in [2.75, 3.05) is 7.11 Å². The van der Waals surface area contributed by atoms with E-state index in [1.54, 1.807) is 7.11 Å². The van der Waals surface area contributed by atoms with E-state index in [1.807, 2.05) is 37.3 Å². The molecule has 0 aliphatic heterocycles. The number of nitrogens with two attached hydrogens (primary N) is 1. The molecular weight excluding hydrogens is 266 g/mol. The molecule has 0 radical (unpaired) electrons. The lowest BCUT2D eigenvalue weighted by Crippen LogP contribution is -2.18. The van der Waals surface area contributed by atoms with E-state index < -0.39 is 0 Å². The van der Waals surface area contributed by atoms with Crippen molar-refractivity contribution >= 4 is 0 Å². The first-order valence-corrected chi connectivity index (χ1v) is 7.37. The van der Waals surface area contributed by atoms with Crippen LogP contribution in [0.4, 0.5) is 0 Å². The van der Waals surface area contributed by atoms with E-state index in [1.165, 1.54) is 12.8 Å². The molecule has 0 saturated heterocycles. The summed E-state index contributed by atoms with van der Waals surface area (Å²) in [6.45, 7) is 2.01. The molecule has 2 aromatic rings. The topological polar surface area (TPSA) is 74.2 Å². The lowest BCUT2D eigenvalue weighted by Gasteiger charge is -2.16. The number of rotatable bonds is 6. The van der Waals surface area contributed by atoms with E-state index in [9.17, 15) is 0 Å². The predicted octanol–water partition coefficient (Wildman–Crippen LogP) is 2.97. The summed E-state index contributed by atoms with van der Waals surface area (Å²) in [5.41, 5.74) is 7.37. The van der Waals surface area contributed by atoms with Crippen LogP contribution in [0.3, 0.4) is 0 Å². The van der Waals surface area contributed by atoms with Crippen LogP contribution < -0.4 is 5.73 Å². The molecule has 1 heterocycles. The zero-order valence-corrected chi connectivity index (χ0v) is 12.4. The Bertz CT molecular complexity index is 580. The van der Waals surface area contributed by atoms with Gasteiger partial charge in [0.25, 0.3) is 0 Å². The monoisotopic (exact) mass is 287 g/mol. The Morgan fingerprint density at radius 2 is 2.00 bits per heavy atom. The van der Waals surface area contributed by atoms with Crippen LogP contribution in [0.5, 0.6) is 0 Å². The van der Waals surface area contributed by atoms with Gasteiger partial charge in [0.05, 0.1) is 5.92 Å². The Balaban J connectivity index is 1.76. The van der Waals surface area contributed by atoms with E-state index >= 15 is 0 Å². The molecule has 5 heteroatoms. The number of benzene rings is 1. The van der Waals surface area contributed by atoms with Crippen molar-refractivity contribution < 1.29 is 9.26 Å². The maximum absolute atomic E-state index is 6.30. The van der Waals surface area contributed by atoms with E-state index in [-0.39, 0.29) is 18.1 Å². The summed E-state index contributed by atoms with van der Waals surface area (Å²) in [6.07, 6.45) is 2.28. The number of hydrogen-bond acceptors (Lipinski definition) is 5. The van der Waals surface area contributed by atoms with Gasteiger partial charge >= 0.3 is 0 Å². The van der Waals surface area contributed by atoms with Crippen molar-refractivity contribution in [2.24, 2.45) is 11.7 Å². The summed E-state index contributed by atoms with van der Waals surface area (Å²) in [7, 11) is 1.69. The standard InChI is InChI=1S/C16H21N3O2/c1-10(13(17)11-6-4-3-5-7-11)16-18-15(19-21-16)14(20-2)12-8-9-12/h3-7,10,12-14H,8-9,17H2,1-2H3. The molecule has 112 valence electrons. The average molecular weight is 287 g/mol. The summed E-state index contributed by atoms with van der Waals surface area (Å²) in [4.78, 5) is 4.51. The normalized spacial score (nSPS) is 19.2. The molecule has 0 bridgehead atoms. The lowest BCUT2D eigenvalue weighted by atomic mass is 9.95. The average Bonchev–Trinajstić information content (AvgIpc) is 3.24. The fourth-order valence-corrected chi connectivity index (χ4v) is 2.57. The number of hydrogen-bond donors (Lipinski definition) is 1. The first-order valence-electron chi connectivity index (χ1n) is 7.37. The second-order valence-corrected chi connectivity index (χ2v) is 5.71. The fourth-order valence-electron chi connectivity index (χ4n) is 2.57. The Morgan fingerprint density at radius 3 is 2.62 bits per heavy atom. The van der Waals surface area contributed by atoms with Crippen molar-refractivity contribution in [2.45, 2.75) is 37.8 Å². The molecule has 1 aromatic heterocycles. The smallest absolute Gasteiger partial charge is 0.231 e. The van der Waals surface area contributed by atoms with Gasteiger partial charge in [-0.2, -0.15) is 4.98 Å². The summed E-state index contributed by atoms with van der Waals surface area (Å²) in [5, 5.41) is 4.08. The molecule has 0 amide bonds. The second-order valence-electron chi connectivity index (χ2n) is 5.71. The molecule has 2 N–H and O–H groups in total. The second kappa shape index (κ2) is 5.95. The molecule has 0 spiro atoms. The van der Waals surface area contributed by atoms with Gasteiger partial charge in [0.2, 0.25) is 11.7 Å². The van der Waals surface area contributed by atoms with Gasteiger partial charge in [-0.1, -0.05) is 42.4 Å². The lowest BCUT2D eigenvalue weighted by molar-refractivity contribution is 0.0751. The van der Waals surface area contributed by atoms with Crippen molar-refractivity contribution in [1.29, 1.82) is 0 Å². The Kier molecular flexibility index (Phi) is 4.03. The van der Waals surface area contributed by atoms with Gasteiger partial charge in [-0.05, 0) is 24.3 Å². The maximum Gasteiger partial charge on any atom is 0.231 e. The highest BCUT2D eigenvalue weighted by molar-refractivity contribution is 5.21. The van der Waals surface area contributed by atoms with Crippen molar-refractivity contribution in [3.05, 3.63) is 47.6 Å². The van der Waals surface area contributed by atoms with Crippen LogP contribution in [0.25, 0.3) is 0 Å². The van der Waals surface area contributed by atoms with Crippen LogP contribution >= 0.6 is 0 Å².